The molecule has 0 saturated carbocycles. The molecule has 5 heteroatoms. The summed E-state index contributed by atoms with van der Waals surface area (Å²) in [5.74, 6) is -0.0988. The van der Waals surface area contributed by atoms with Gasteiger partial charge in [-0.1, -0.05) is 0 Å². The lowest BCUT2D eigenvalue weighted by atomic mass is 10.0. The van der Waals surface area contributed by atoms with E-state index in [-0.39, 0.29) is 12.2 Å². The summed E-state index contributed by atoms with van der Waals surface area (Å²) >= 11 is 0. The predicted molar refractivity (Wildman–Crippen MR) is 74.2 cm³/mol. The molecule has 0 saturated heterocycles. The van der Waals surface area contributed by atoms with Crippen molar-refractivity contribution in [1.82, 2.24) is 0 Å². The summed E-state index contributed by atoms with van der Waals surface area (Å²) in [4.78, 5) is 22.2. The van der Waals surface area contributed by atoms with Gasteiger partial charge in [0.05, 0.1) is 6.61 Å². The van der Waals surface area contributed by atoms with E-state index in [9.17, 15) is 9.59 Å². The highest BCUT2D eigenvalue weighted by molar-refractivity contribution is 5.96. The summed E-state index contributed by atoms with van der Waals surface area (Å²) in [7, 11) is 1.61. The minimum Gasteiger partial charge on any atom is -0.491 e. The third-order valence-electron chi connectivity index (χ3n) is 2.78. The van der Waals surface area contributed by atoms with Crippen molar-refractivity contribution in [1.29, 1.82) is 0 Å². The number of ether oxygens (including phenoxy) is 2. The van der Waals surface area contributed by atoms with Gasteiger partial charge in [0.1, 0.15) is 12.4 Å². The molecular formula is C15H20O5. The molecule has 1 N–H and O–H groups in total. The topological polar surface area (TPSA) is 72.8 Å². The number of Topliss-reactive ketones (excluding diaryl/α,β-unsaturated/α-hetero) is 1. The lowest BCUT2D eigenvalue weighted by Crippen LogP contribution is -2.05. The maximum absolute atomic E-state index is 11.9. The lowest BCUT2D eigenvalue weighted by molar-refractivity contribution is -0.137. The maximum Gasteiger partial charge on any atom is 0.303 e. The SMILES string of the molecule is COCCOc1ccc(C(=O)CCCCC(=O)O)cc1. The zero-order chi connectivity index (χ0) is 14.8. The van der Waals surface area contributed by atoms with Gasteiger partial charge in [0.25, 0.3) is 0 Å². The number of benzene rings is 1. The highest BCUT2D eigenvalue weighted by atomic mass is 16.5. The number of carbonyl (C=O) groups is 2. The first-order valence-corrected chi connectivity index (χ1v) is 6.60. The molecule has 5 nitrogen and oxygen atoms in total. The van der Waals surface area contributed by atoms with E-state index < -0.39 is 5.97 Å². The number of carboxylic acid groups (broad SMARTS) is 1. The summed E-state index contributed by atoms with van der Waals surface area (Å²) in [6.07, 6.45) is 1.60. The number of hydrogen-bond acceptors (Lipinski definition) is 4. The molecule has 0 fully saturated rings. The second-order valence-corrected chi connectivity index (χ2v) is 4.39. The fraction of sp³-hybridized carbons (Fsp3) is 0.467. The van der Waals surface area contributed by atoms with Gasteiger partial charge in [-0.15, -0.1) is 0 Å². The van der Waals surface area contributed by atoms with Crippen LogP contribution < -0.4 is 4.74 Å². The van der Waals surface area contributed by atoms with E-state index in [4.69, 9.17) is 14.6 Å². The zero-order valence-corrected chi connectivity index (χ0v) is 11.6. The number of hydrogen-bond donors (Lipinski definition) is 1. The molecule has 0 bridgehead atoms. The minimum atomic E-state index is -0.824. The van der Waals surface area contributed by atoms with Crippen LogP contribution in [0.1, 0.15) is 36.0 Å². The number of rotatable bonds is 10. The molecule has 0 spiro atoms. The van der Waals surface area contributed by atoms with Gasteiger partial charge in [-0.05, 0) is 37.1 Å². The van der Waals surface area contributed by atoms with Crippen molar-refractivity contribution in [3.8, 4) is 5.75 Å². The molecule has 1 aromatic carbocycles. The smallest absolute Gasteiger partial charge is 0.303 e. The van der Waals surface area contributed by atoms with Crippen molar-refractivity contribution >= 4 is 11.8 Å². The largest absolute Gasteiger partial charge is 0.491 e. The van der Waals surface area contributed by atoms with Crippen molar-refractivity contribution in [3.63, 3.8) is 0 Å². The predicted octanol–water partition coefficient (Wildman–Crippen LogP) is 2.54. The van der Waals surface area contributed by atoms with Gasteiger partial charge in [0.2, 0.25) is 0 Å². The van der Waals surface area contributed by atoms with Gasteiger partial charge in [-0.3, -0.25) is 9.59 Å². The Morgan fingerprint density at radius 1 is 1.05 bits per heavy atom. The van der Waals surface area contributed by atoms with Gasteiger partial charge in [0.15, 0.2) is 5.78 Å². The van der Waals surface area contributed by atoms with E-state index in [0.717, 1.165) is 0 Å². The number of carboxylic acids is 1. The average Bonchev–Trinajstić information content (AvgIpc) is 2.44. The molecule has 20 heavy (non-hydrogen) atoms. The van der Waals surface area contributed by atoms with Crippen LogP contribution in [-0.4, -0.2) is 37.2 Å². The van der Waals surface area contributed by atoms with Crippen molar-refractivity contribution in [3.05, 3.63) is 29.8 Å². The first-order chi connectivity index (χ1) is 9.63. The monoisotopic (exact) mass is 280 g/mol. The third kappa shape index (κ3) is 6.33. The van der Waals surface area contributed by atoms with E-state index in [1.165, 1.54) is 0 Å². The highest BCUT2D eigenvalue weighted by Crippen LogP contribution is 2.14. The Labute approximate surface area is 118 Å². The molecule has 0 atom stereocenters. The Bertz CT molecular complexity index is 424. The average molecular weight is 280 g/mol. The normalized spacial score (nSPS) is 10.2. The number of ketones is 1. The van der Waals surface area contributed by atoms with Crippen LogP contribution in [0.15, 0.2) is 24.3 Å². The summed E-state index contributed by atoms with van der Waals surface area (Å²) in [5.41, 5.74) is 0.624. The molecular weight excluding hydrogens is 260 g/mol. The lowest BCUT2D eigenvalue weighted by Gasteiger charge is -2.06. The first-order valence-electron chi connectivity index (χ1n) is 6.60. The van der Waals surface area contributed by atoms with Crippen LogP contribution >= 0.6 is 0 Å². The molecule has 0 aliphatic heterocycles. The van der Waals surface area contributed by atoms with Crippen LogP contribution in [0, 0.1) is 0 Å². The number of aliphatic carboxylic acids is 1. The van der Waals surface area contributed by atoms with Crippen molar-refractivity contribution in [2.24, 2.45) is 0 Å². The van der Waals surface area contributed by atoms with Crippen LogP contribution in [-0.2, 0) is 9.53 Å². The van der Waals surface area contributed by atoms with Crippen LogP contribution in [0.4, 0.5) is 0 Å². The molecule has 0 unspecified atom stereocenters. The van der Waals surface area contributed by atoms with Gasteiger partial charge in [-0.2, -0.15) is 0 Å². The Morgan fingerprint density at radius 3 is 2.30 bits per heavy atom. The molecule has 0 amide bonds. The fourth-order valence-electron chi connectivity index (χ4n) is 1.69. The van der Waals surface area contributed by atoms with Gasteiger partial charge < -0.3 is 14.6 Å². The van der Waals surface area contributed by atoms with E-state index in [0.29, 0.717) is 43.8 Å². The minimum absolute atomic E-state index is 0.0267. The molecule has 0 aliphatic carbocycles. The Kier molecular flexibility index (Phi) is 7.35. The molecule has 0 radical (unpaired) electrons. The molecule has 110 valence electrons. The van der Waals surface area contributed by atoms with E-state index in [2.05, 4.69) is 0 Å². The van der Waals surface area contributed by atoms with E-state index >= 15 is 0 Å². The molecule has 0 heterocycles. The summed E-state index contributed by atoms with van der Waals surface area (Å²) in [5, 5.41) is 8.51. The number of unbranched alkanes of at least 4 members (excludes halogenated alkanes) is 1. The zero-order valence-electron chi connectivity index (χ0n) is 11.6. The summed E-state index contributed by atoms with van der Waals surface area (Å²) < 4.78 is 10.3. The number of carbonyl (C=O) groups excluding carboxylic acids is 1. The van der Waals surface area contributed by atoms with Crippen molar-refractivity contribution in [2.45, 2.75) is 25.7 Å². The standard InChI is InChI=1S/C15H20O5/c1-19-10-11-20-13-8-6-12(7-9-13)14(16)4-2-3-5-15(17)18/h6-9H,2-5,10-11H2,1H3,(H,17,18). The molecule has 0 aromatic heterocycles. The number of methoxy groups -OCH3 is 1. The van der Waals surface area contributed by atoms with E-state index in [1.54, 1.807) is 31.4 Å². The maximum atomic E-state index is 11.9. The van der Waals surface area contributed by atoms with Crippen molar-refractivity contribution < 1.29 is 24.2 Å². The Hall–Kier alpha value is -1.88. The second kappa shape index (κ2) is 9.09. The third-order valence-corrected chi connectivity index (χ3v) is 2.78. The van der Waals surface area contributed by atoms with E-state index in [1.807, 2.05) is 0 Å². The van der Waals surface area contributed by atoms with Crippen LogP contribution in [0.25, 0.3) is 0 Å². The molecule has 1 rings (SSSR count). The fourth-order valence-corrected chi connectivity index (χ4v) is 1.69. The van der Waals surface area contributed by atoms with Crippen molar-refractivity contribution in [2.75, 3.05) is 20.3 Å². The Morgan fingerprint density at radius 2 is 1.70 bits per heavy atom. The molecule has 0 aliphatic rings. The Balaban J connectivity index is 2.35. The highest BCUT2D eigenvalue weighted by Gasteiger charge is 2.06. The van der Waals surface area contributed by atoms with Gasteiger partial charge in [-0.25, -0.2) is 0 Å². The second-order valence-electron chi connectivity index (χ2n) is 4.39. The first kappa shape index (κ1) is 16.2. The van der Waals surface area contributed by atoms with Gasteiger partial charge >= 0.3 is 5.97 Å². The van der Waals surface area contributed by atoms with Crippen LogP contribution in [0.2, 0.25) is 0 Å². The summed E-state index contributed by atoms with van der Waals surface area (Å²) in [6.45, 7) is 0.989. The summed E-state index contributed by atoms with van der Waals surface area (Å²) in [6, 6.07) is 6.95. The van der Waals surface area contributed by atoms with Gasteiger partial charge in [0, 0.05) is 25.5 Å². The van der Waals surface area contributed by atoms with Crippen LogP contribution in [0.5, 0.6) is 5.75 Å². The van der Waals surface area contributed by atoms with Crippen LogP contribution in [0.3, 0.4) is 0 Å². The molecule has 1 aromatic rings. The quantitative estimate of drug-likeness (QED) is 0.526.